The van der Waals surface area contributed by atoms with Gasteiger partial charge in [0, 0.05) is 12.1 Å². The van der Waals surface area contributed by atoms with Gasteiger partial charge in [-0.3, -0.25) is 4.72 Å². The van der Waals surface area contributed by atoms with Gasteiger partial charge in [-0.05, 0) is 42.5 Å². The fourth-order valence-corrected chi connectivity index (χ4v) is 3.55. The summed E-state index contributed by atoms with van der Waals surface area (Å²) in [7, 11) is -2.41. The lowest BCUT2D eigenvalue weighted by atomic mass is 10.2. The predicted octanol–water partition coefficient (Wildman–Crippen LogP) is 1.97. The van der Waals surface area contributed by atoms with E-state index >= 15 is 0 Å². The Bertz CT molecular complexity index is 954. The van der Waals surface area contributed by atoms with Gasteiger partial charge in [-0.1, -0.05) is 6.07 Å². The van der Waals surface area contributed by atoms with E-state index in [4.69, 9.17) is 14.2 Å². The molecular weight excluding hydrogens is 374 g/mol. The van der Waals surface area contributed by atoms with Gasteiger partial charge in [0.2, 0.25) is 6.10 Å². The van der Waals surface area contributed by atoms with E-state index in [2.05, 4.69) is 4.72 Å². The second-order valence-electron chi connectivity index (χ2n) is 5.71. The van der Waals surface area contributed by atoms with Crippen molar-refractivity contribution >= 4 is 27.6 Å². The minimum absolute atomic E-state index is 0.0207. The van der Waals surface area contributed by atoms with E-state index in [1.54, 1.807) is 24.3 Å². The van der Waals surface area contributed by atoms with E-state index in [9.17, 15) is 18.0 Å². The van der Waals surface area contributed by atoms with Crippen molar-refractivity contribution in [2.24, 2.45) is 0 Å². The number of hydrogen-bond acceptors (Lipinski definition) is 7. The second kappa shape index (κ2) is 7.67. The Balaban J connectivity index is 1.76. The Hall–Kier alpha value is -3.07. The van der Waals surface area contributed by atoms with Gasteiger partial charge in [0.15, 0.2) is 0 Å². The van der Waals surface area contributed by atoms with Gasteiger partial charge >= 0.3 is 11.9 Å². The molecule has 0 spiro atoms. The molecule has 0 aromatic heterocycles. The second-order valence-corrected chi connectivity index (χ2v) is 7.39. The van der Waals surface area contributed by atoms with E-state index in [1.807, 2.05) is 0 Å². The molecule has 1 fully saturated rings. The lowest BCUT2D eigenvalue weighted by molar-refractivity contribution is -0.145. The van der Waals surface area contributed by atoms with E-state index in [0.717, 1.165) is 0 Å². The number of rotatable bonds is 6. The van der Waals surface area contributed by atoms with Crippen LogP contribution in [-0.4, -0.2) is 40.2 Å². The molecule has 0 aliphatic carbocycles. The first-order chi connectivity index (χ1) is 12.9. The van der Waals surface area contributed by atoms with Crippen LogP contribution in [-0.2, 0) is 24.3 Å². The summed E-state index contributed by atoms with van der Waals surface area (Å²) in [5, 5.41) is 0. The molecule has 27 heavy (non-hydrogen) atoms. The van der Waals surface area contributed by atoms with Crippen LogP contribution in [0.5, 0.6) is 5.75 Å². The van der Waals surface area contributed by atoms with Crippen LogP contribution in [0.2, 0.25) is 0 Å². The summed E-state index contributed by atoms with van der Waals surface area (Å²) in [5.41, 5.74) is 0.366. The Morgan fingerprint density at radius 2 is 1.93 bits per heavy atom. The highest BCUT2D eigenvalue weighted by atomic mass is 32.2. The fraction of sp³-hybridized carbons (Fsp3) is 0.222. The summed E-state index contributed by atoms with van der Waals surface area (Å²) >= 11 is 0. The number of ether oxygens (including phenoxy) is 3. The SMILES string of the molecule is COc1ccc(NS(=O)(=O)c2cccc(C(=O)OC3CCOC3=O)c2)cc1. The zero-order valence-corrected chi connectivity index (χ0v) is 15.2. The number of nitrogens with one attached hydrogen (secondary N) is 1. The molecule has 0 bridgehead atoms. The highest BCUT2D eigenvalue weighted by Crippen LogP contribution is 2.21. The Morgan fingerprint density at radius 1 is 1.19 bits per heavy atom. The number of carbonyl (C=O) groups excluding carboxylic acids is 2. The van der Waals surface area contributed by atoms with Crippen LogP contribution in [0.1, 0.15) is 16.8 Å². The highest BCUT2D eigenvalue weighted by molar-refractivity contribution is 7.92. The number of anilines is 1. The Labute approximate surface area is 156 Å². The molecule has 3 rings (SSSR count). The lowest BCUT2D eigenvalue weighted by Crippen LogP contribution is -2.23. The molecule has 1 heterocycles. The molecule has 9 heteroatoms. The Morgan fingerprint density at radius 3 is 2.56 bits per heavy atom. The zero-order chi connectivity index (χ0) is 19.4. The van der Waals surface area contributed by atoms with Crippen molar-refractivity contribution < 1.29 is 32.2 Å². The van der Waals surface area contributed by atoms with Crippen molar-refractivity contribution in [1.82, 2.24) is 0 Å². The van der Waals surface area contributed by atoms with E-state index < -0.39 is 28.1 Å². The van der Waals surface area contributed by atoms with Crippen LogP contribution >= 0.6 is 0 Å². The third kappa shape index (κ3) is 4.37. The van der Waals surface area contributed by atoms with Crippen LogP contribution in [0, 0.1) is 0 Å². The first-order valence-corrected chi connectivity index (χ1v) is 9.52. The van der Waals surface area contributed by atoms with Crippen LogP contribution in [0.25, 0.3) is 0 Å². The third-order valence-electron chi connectivity index (χ3n) is 3.86. The van der Waals surface area contributed by atoms with Crippen molar-refractivity contribution in [3.05, 3.63) is 54.1 Å². The number of cyclic esters (lactones) is 1. The molecule has 2 aromatic rings. The molecule has 2 aromatic carbocycles. The number of hydrogen-bond donors (Lipinski definition) is 1. The molecule has 1 aliphatic rings. The summed E-state index contributed by atoms with van der Waals surface area (Å²) in [4.78, 5) is 23.5. The number of esters is 2. The molecule has 0 saturated carbocycles. The molecule has 0 radical (unpaired) electrons. The smallest absolute Gasteiger partial charge is 0.347 e. The maximum absolute atomic E-state index is 12.6. The fourth-order valence-electron chi connectivity index (χ4n) is 2.45. The van der Waals surface area contributed by atoms with Crippen molar-refractivity contribution in [2.75, 3.05) is 18.4 Å². The maximum Gasteiger partial charge on any atom is 0.347 e. The molecule has 0 amide bonds. The first kappa shape index (κ1) is 18.7. The summed E-state index contributed by atoms with van der Waals surface area (Å²) in [6.07, 6.45) is -0.683. The van der Waals surface area contributed by atoms with Crippen LogP contribution in [0.4, 0.5) is 5.69 Å². The van der Waals surface area contributed by atoms with Gasteiger partial charge in [0.1, 0.15) is 5.75 Å². The number of benzene rings is 2. The molecular formula is C18H17NO7S. The molecule has 8 nitrogen and oxygen atoms in total. The predicted molar refractivity (Wildman–Crippen MR) is 95.0 cm³/mol. The maximum atomic E-state index is 12.6. The molecule has 142 valence electrons. The monoisotopic (exact) mass is 391 g/mol. The summed E-state index contributed by atoms with van der Waals surface area (Å²) in [6, 6.07) is 11.7. The highest BCUT2D eigenvalue weighted by Gasteiger charge is 2.30. The minimum Gasteiger partial charge on any atom is -0.497 e. The van der Waals surface area contributed by atoms with Gasteiger partial charge < -0.3 is 14.2 Å². The molecule has 1 unspecified atom stereocenters. The van der Waals surface area contributed by atoms with E-state index in [0.29, 0.717) is 11.4 Å². The summed E-state index contributed by atoms with van der Waals surface area (Å²) < 4.78 is 42.4. The van der Waals surface area contributed by atoms with Gasteiger partial charge in [0.25, 0.3) is 10.0 Å². The van der Waals surface area contributed by atoms with Gasteiger partial charge in [-0.25, -0.2) is 18.0 Å². The van der Waals surface area contributed by atoms with Gasteiger partial charge in [-0.2, -0.15) is 0 Å². The molecule has 1 atom stereocenters. The molecule has 1 aliphatic heterocycles. The van der Waals surface area contributed by atoms with Crippen LogP contribution in [0.15, 0.2) is 53.4 Å². The average molecular weight is 391 g/mol. The lowest BCUT2D eigenvalue weighted by Gasteiger charge is -2.11. The van der Waals surface area contributed by atoms with E-state index in [1.165, 1.54) is 31.4 Å². The number of methoxy groups -OCH3 is 1. The van der Waals surface area contributed by atoms with Gasteiger partial charge in [0.05, 0.1) is 24.2 Å². The molecule has 1 N–H and O–H groups in total. The van der Waals surface area contributed by atoms with Crippen LogP contribution < -0.4 is 9.46 Å². The normalized spacial score (nSPS) is 16.5. The average Bonchev–Trinajstić information content (AvgIpc) is 3.07. The Kier molecular flexibility index (Phi) is 5.31. The van der Waals surface area contributed by atoms with Crippen molar-refractivity contribution in [3.8, 4) is 5.75 Å². The first-order valence-electron chi connectivity index (χ1n) is 8.03. The topological polar surface area (TPSA) is 108 Å². The minimum atomic E-state index is -3.92. The standard InChI is InChI=1S/C18H17NO7S/c1-24-14-7-5-13(6-8-14)19-27(22,23)15-4-2-3-12(11-15)17(20)26-16-9-10-25-18(16)21/h2-8,11,16,19H,9-10H2,1H3. The number of sulfonamides is 1. The van der Waals surface area contributed by atoms with Crippen LogP contribution in [0.3, 0.4) is 0 Å². The van der Waals surface area contributed by atoms with E-state index in [-0.39, 0.29) is 23.5 Å². The van der Waals surface area contributed by atoms with Crippen molar-refractivity contribution in [3.63, 3.8) is 0 Å². The molecule has 1 saturated heterocycles. The summed E-state index contributed by atoms with van der Waals surface area (Å²) in [6.45, 7) is 0.191. The van der Waals surface area contributed by atoms with Crippen molar-refractivity contribution in [1.29, 1.82) is 0 Å². The largest absolute Gasteiger partial charge is 0.497 e. The third-order valence-corrected chi connectivity index (χ3v) is 5.24. The number of carbonyl (C=O) groups is 2. The zero-order valence-electron chi connectivity index (χ0n) is 14.4. The van der Waals surface area contributed by atoms with Gasteiger partial charge in [-0.15, -0.1) is 0 Å². The summed E-state index contributed by atoms with van der Waals surface area (Å²) in [5.74, 6) is -0.804. The van der Waals surface area contributed by atoms with Crippen molar-refractivity contribution in [2.45, 2.75) is 17.4 Å². The quantitative estimate of drug-likeness (QED) is 0.750.